The Kier molecular flexibility index (Phi) is 4.92. The second-order valence-corrected chi connectivity index (χ2v) is 7.25. The van der Waals surface area contributed by atoms with E-state index < -0.39 is 0 Å². The van der Waals surface area contributed by atoms with E-state index >= 15 is 0 Å². The molecule has 5 rings (SSSR count). The van der Waals surface area contributed by atoms with Crippen molar-refractivity contribution in [3.63, 3.8) is 0 Å². The Balaban J connectivity index is 1.36. The van der Waals surface area contributed by atoms with Crippen molar-refractivity contribution in [1.29, 1.82) is 0 Å². The molecule has 0 fully saturated rings. The number of nitrogens with zero attached hydrogens (tertiary/aromatic N) is 5. The summed E-state index contributed by atoms with van der Waals surface area (Å²) < 4.78 is 25.6. The number of fused-ring (bicyclic) bond motifs is 1. The summed E-state index contributed by atoms with van der Waals surface area (Å²) in [4.78, 5) is 19.6. The number of benzene rings is 2. The van der Waals surface area contributed by atoms with Crippen molar-refractivity contribution >= 4 is 22.8 Å². The summed E-state index contributed by atoms with van der Waals surface area (Å²) in [5, 5.41) is 13.0. The van der Waals surface area contributed by atoms with Crippen molar-refractivity contribution in [2.45, 2.75) is 17.0 Å². The summed E-state index contributed by atoms with van der Waals surface area (Å²) in [5.41, 5.74) is 0.871. The molecule has 0 unspecified atom stereocenters. The van der Waals surface area contributed by atoms with E-state index in [-0.39, 0.29) is 34.3 Å². The number of nitrogens with one attached hydrogen (secondary N) is 1. The number of aromatic nitrogens is 6. The van der Waals surface area contributed by atoms with Crippen molar-refractivity contribution in [3.8, 4) is 11.4 Å². The van der Waals surface area contributed by atoms with Crippen molar-refractivity contribution in [2.24, 2.45) is 0 Å². The Morgan fingerprint density at radius 1 is 1.10 bits per heavy atom. The average molecular weight is 436 g/mol. The number of aromatic amines is 1. The van der Waals surface area contributed by atoms with Crippen LogP contribution >= 0.6 is 11.8 Å². The molecule has 0 saturated heterocycles. The van der Waals surface area contributed by atoms with Crippen LogP contribution in [0.1, 0.15) is 5.89 Å². The molecule has 9 nitrogen and oxygen atoms in total. The molecule has 2 aromatic carbocycles. The topological polar surface area (TPSA) is 112 Å². The quantitative estimate of drug-likeness (QED) is 0.403. The molecule has 0 aliphatic rings. The second kappa shape index (κ2) is 8.03. The van der Waals surface area contributed by atoms with Gasteiger partial charge in [-0.05, 0) is 36.4 Å². The molecular weight excluding hydrogens is 423 g/mol. The first-order valence-electron chi connectivity index (χ1n) is 9.08. The highest BCUT2D eigenvalue weighted by Crippen LogP contribution is 2.24. The number of ether oxygens (including phenoxy) is 1. The number of halogens is 1. The molecule has 0 aliphatic carbocycles. The second-order valence-electron chi connectivity index (χ2n) is 6.31. The van der Waals surface area contributed by atoms with E-state index in [4.69, 9.17) is 9.15 Å². The lowest BCUT2D eigenvalue weighted by molar-refractivity contribution is 0.252. The molecule has 0 radical (unpaired) electrons. The summed E-state index contributed by atoms with van der Waals surface area (Å²) in [6, 6.07) is 15.0. The zero-order valence-corrected chi connectivity index (χ0v) is 16.5. The first-order chi connectivity index (χ1) is 15.2. The normalized spacial score (nSPS) is 11.1. The minimum atomic E-state index is -0.351. The highest BCUT2D eigenvalue weighted by molar-refractivity contribution is 7.98. The first kappa shape index (κ1) is 19.0. The van der Waals surface area contributed by atoms with Gasteiger partial charge in [0.2, 0.25) is 0 Å². The van der Waals surface area contributed by atoms with Crippen LogP contribution in [0.25, 0.3) is 16.7 Å². The summed E-state index contributed by atoms with van der Waals surface area (Å²) >= 11 is 1.02. The van der Waals surface area contributed by atoms with Gasteiger partial charge in [0.25, 0.3) is 16.7 Å². The van der Waals surface area contributed by atoms with E-state index in [1.165, 1.54) is 30.5 Å². The number of para-hydroxylation sites is 1. The van der Waals surface area contributed by atoms with E-state index in [2.05, 4.69) is 25.3 Å². The summed E-state index contributed by atoms with van der Waals surface area (Å²) in [5.74, 6) is 0.347. The monoisotopic (exact) mass is 436 g/mol. The molecule has 0 spiro atoms. The van der Waals surface area contributed by atoms with Crippen LogP contribution in [0.15, 0.2) is 80.4 Å². The Bertz CT molecular complexity index is 1400. The fraction of sp³-hybridized carbons (Fsp3) is 0.0500. The van der Waals surface area contributed by atoms with Gasteiger partial charge in [-0.3, -0.25) is 4.79 Å². The van der Waals surface area contributed by atoms with Crippen molar-refractivity contribution in [1.82, 2.24) is 29.9 Å². The Morgan fingerprint density at radius 2 is 1.90 bits per heavy atom. The maximum atomic E-state index is 13.0. The molecule has 0 saturated carbocycles. The lowest BCUT2D eigenvalue weighted by atomic mass is 10.3. The number of hydrogen-bond donors (Lipinski definition) is 1. The van der Waals surface area contributed by atoms with Crippen molar-refractivity contribution in [3.05, 3.63) is 82.9 Å². The van der Waals surface area contributed by atoms with Crippen LogP contribution in [0, 0.1) is 5.82 Å². The van der Waals surface area contributed by atoms with Crippen LogP contribution < -0.4 is 10.3 Å². The van der Waals surface area contributed by atoms with Crippen LogP contribution in [-0.4, -0.2) is 29.9 Å². The zero-order valence-electron chi connectivity index (χ0n) is 15.7. The van der Waals surface area contributed by atoms with Gasteiger partial charge in [-0.25, -0.2) is 14.1 Å². The van der Waals surface area contributed by atoms with Gasteiger partial charge in [0.1, 0.15) is 17.0 Å². The van der Waals surface area contributed by atoms with Crippen LogP contribution in [0.2, 0.25) is 0 Å². The molecule has 1 N–H and O–H groups in total. The van der Waals surface area contributed by atoms with Gasteiger partial charge >= 0.3 is 0 Å². The van der Waals surface area contributed by atoms with Crippen LogP contribution in [0.4, 0.5) is 4.39 Å². The van der Waals surface area contributed by atoms with Crippen LogP contribution in [-0.2, 0) is 6.61 Å². The number of H-pyrrole nitrogens is 1. The van der Waals surface area contributed by atoms with E-state index in [0.29, 0.717) is 16.8 Å². The third kappa shape index (κ3) is 4.03. The van der Waals surface area contributed by atoms with Crippen LogP contribution in [0.5, 0.6) is 5.75 Å². The molecular formula is C20H13FN6O3S. The zero-order chi connectivity index (χ0) is 21.2. The van der Waals surface area contributed by atoms with E-state index in [0.717, 1.165) is 17.4 Å². The molecule has 154 valence electrons. The predicted molar refractivity (Wildman–Crippen MR) is 109 cm³/mol. The first-order valence-corrected chi connectivity index (χ1v) is 9.89. The molecule has 3 heterocycles. The molecule has 5 aromatic rings. The van der Waals surface area contributed by atoms with Gasteiger partial charge < -0.3 is 14.1 Å². The van der Waals surface area contributed by atoms with E-state index in [1.54, 1.807) is 4.68 Å². The van der Waals surface area contributed by atoms with Gasteiger partial charge in [-0.15, -0.1) is 10.2 Å². The van der Waals surface area contributed by atoms with Gasteiger partial charge in [0, 0.05) is 11.8 Å². The standard InChI is InChI=1S/C20H13FN6O3S/c21-12-6-8-14(9-7-12)29-11-16-25-26-20(30-16)31-19-23-17-15(18(28)24-19)10-22-27(17)13-4-2-1-3-5-13/h1-10H,11H2,(H,23,24,28). The average Bonchev–Trinajstić information content (AvgIpc) is 3.41. The van der Waals surface area contributed by atoms with E-state index in [9.17, 15) is 9.18 Å². The predicted octanol–water partition coefficient (Wildman–Crippen LogP) is 3.36. The van der Waals surface area contributed by atoms with Crippen molar-refractivity contribution in [2.75, 3.05) is 0 Å². The lowest BCUT2D eigenvalue weighted by Gasteiger charge is -2.03. The van der Waals surface area contributed by atoms with Crippen molar-refractivity contribution < 1.29 is 13.5 Å². The highest BCUT2D eigenvalue weighted by Gasteiger charge is 2.15. The molecule has 11 heteroatoms. The fourth-order valence-electron chi connectivity index (χ4n) is 2.80. The lowest BCUT2D eigenvalue weighted by Crippen LogP contribution is -2.09. The number of rotatable bonds is 6. The third-order valence-corrected chi connectivity index (χ3v) is 4.95. The highest BCUT2D eigenvalue weighted by atomic mass is 32.2. The van der Waals surface area contributed by atoms with E-state index in [1.807, 2.05) is 30.3 Å². The summed E-state index contributed by atoms with van der Waals surface area (Å²) in [6.45, 7) is 0.0168. The Hall–Kier alpha value is -3.99. The minimum Gasteiger partial charge on any atom is -0.484 e. The fourth-order valence-corrected chi connectivity index (χ4v) is 3.46. The molecule has 0 aliphatic heterocycles. The summed E-state index contributed by atoms with van der Waals surface area (Å²) in [6.07, 6.45) is 1.47. The maximum Gasteiger partial charge on any atom is 0.284 e. The smallest absolute Gasteiger partial charge is 0.284 e. The van der Waals surface area contributed by atoms with Gasteiger partial charge in [-0.1, -0.05) is 18.2 Å². The molecule has 0 amide bonds. The Morgan fingerprint density at radius 3 is 2.71 bits per heavy atom. The van der Waals surface area contributed by atoms with Gasteiger partial charge in [0.05, 0.1) is 11.9 Å². The third-order valence-electron chi connectivity index (χ3n) is 4.23. The molecule has 0 bridgehead atoms. The maximum absolute atomic E-state index is 13.0. The van der Waals surface area contributed by atoms with Gasteiger partial charge in [-0.2, -0.15) is 5.10 Å². The molecule has 31 heavy (non-hydrogen) atoms. The summed E-state index contributed by atoms with van der Waals surface area (Å²) in [7, 11) is 0. The largest absolute Gasteiger partial charge is 0.484 e. The molecule has 3 aromatic heterocycles. The molecule has 0 atom stereocenters. The Labute approximate surface area is 177 Å². The minimum absolute atomic E-state index is 0.0168. The SMILES string of the molecule is O=c1[nH]c(Sc2nnc(COc3ccc(F)cc3)o2)nc2c1cnn2-c1ccccc1. The van der Waals surface area contributed by atoms with Gasteiger partial charge in [0.15, 0.2) is 17.4 Å². The number of hydrogen-bond acceptors (Lipinski definition) is 8. The van der Waals surface area contributed by atoms with Crippen LogP contribution in [0.3, 0.4) is 0 Å².